The van der Waals surface area contributed by atoms with Crippen LogP contribution >= 0.6 is 0 Å². The maximum absolute atomic E-state index is 6.10. The Hall–Kier alpha value is -1.24. The number of aryl methyl sites for hydroxylation is 1. The number of benzene rings is 1. The molecular formula is C16H21BO2. The minimum atomic E-state index is -0.340. The van der Waals surface area contributed by atoms with Crippen molar-refractivity contribution in [2.45, 2.75) is 52.2 Å². The summed E-state index contributed by atoms with van der Waals surface area (Å²) < 4.78 is 12.2. The van der Waals surface area contributed by atoms with E-state index in [1.807, 2.05) is 0 Å². The maximum atomic E-state index is 6.10. The fraction of sp³-hybridized carbons (Fsp3) is 0.500. The molecule has 0 amide bonds. The summed E-state index contributed by atoms with van der Waals surface area (Å²) in [4.78, 5) is 0. The summed E-state index contributed by atoms with van der Waals surface area (Å²) in [7, 11) is -0.340. The van der Waals surface area contributed by atoms with Gasteiger partial charge in [0.05, 0.1) is 11.2 Å². The van der Waals surface area contributed by atoms with E-state index < -0.39 is 0 Å². The molecule has 1 aliphatic heterocycles. The molecule has 0 aliphatic carbocycles. The monoisotopic (exact) mass is 256 g/mol. The van der Waals surface area contributed by atoms with Gasteiger partial charge in [-0.15, -0.1) is 12.3 Å². The van der Waals surface area contributed by atoms with E-state index in [1.165, 1.54) is 5.56 Å². The van der Waals surface area contributed by atoms with Crippen molar-refractivity contribution in [2.75, 3.05) is 0 Å². The summed E-state index contributed by atoms with van der Waals surface area (Å²) in [6.07, 6.45) is 6.04. The predicted octanol–water partition coefficient (Wildman–Crippen LogP) is 2.47. The van der Waals surface area contributed by atoms with E-state index in [0.29, 0.717) is 6.42 Å². The molecule has 0 spiro atoms. The molecular weight excluding hydrogens is 235 g/mol. The molecule has 1 saturated heterocycles. The SMILES string of the molecule is C#CCc1ccc(C)cc1B1OC(C)(C)C(C)(C)O1. The third-order valence-corrected chi connectivity index (χ3v) is 4.10. The van der Waals surface area contributed by atoms with E-state index >= 15 is 0 Å². The number of hydrogen-bond acceptors (Lipinski definition) is 2. The molecule has 0 bridgehead atoms. The van der Waals surface area contributed by atoms with Gasteiger partial charge in [0.25, 0.3) is 0 Å². The van der Waals surface area contributed by atoms with E-state index in [1.54, 1.807) is 0 Å². The fourth-order valence-corrected chi connectivity index (χ4v) is 2.17. The van der Waals surface area contributed by atoms with Crippen LogP contribution in [0.15, 0.2) is 18.2 Å². The van der Waals surface area contributed by atoms with Crippen LogP contribution < -0.4 is 5.46 Å². The largest absolute Gasteiger partial charge is 0.495 e. The first-order valence-corrected chi connectivity index (χ1v) is 6.65. The molecule has 100 valence electrons. The highest BCUT2D eigenvalue weighted by Gasteiger charge is 2.52. The molecule has 1 fully saturated rings. The van der Waals surface area contributed by atoms with E-state index in [4.69, 9.17) is 15.7 Å². The standard InChI is InChI=1S/C16H21BO2/c1-7-8-13-10-9-12(2)11-14(13)17-18-15(3,4)16(5,6)19-17/h1,9-11H,8H2,2-6H3. The van der Waals surface area contributed by atoms with Crippen molar-refractivity contribution in [1.29, 1.82) is 0 Å². The summed E-state index contributed by atoms with van der Waals surface area (Å²) in [5.74, 6) is 2.70. The molecule has 1 heterocycles. The second kappa shape index (κ2) is 4.70. The van der Waals surface area contributed by atoms with Gasteiger partial charge in [0.15, 0.2) is 0 Å². The molecule has 19 heavy (non-hydrogen) atoms. The molecule has 3 heteroatoms. The quantitative estimate of drug-likeness (QED) is 0.597. The van der Waals surface area contributed by atoms with E-state index in [-0.39, 0.29) is 18.3 Å². The van der Waals surface area contributed by atoms with Gasteiger partial charge in [-0.25, -0.2) is 0 Å². The summed E-state index contributed by atoms with van der Waals surface area (Å²) in [5.41, 5.74) is 2.69. The summed E-state index contributed by atoms with van der Waals surface area (Å²) in [6.45, 7) is 10.3. The molecule has 0 saturated carbocycles. The predicted molar refractivity (Wildman–Crippen MR) is 79.4 cm³/mol. The zero-order valence-electron chi connectivity index (χ0n) is 12.4. The number of rotatable bonds is 2. The van der Waals surface area contributed by atoms with Gasteiger partial charge >= 0.3 is 7.12 Å². The zero-order valence-corrected chi connectivity index (χ0v) is 12.4. The van der Waals surface area contributed by atoms with Crippen LogP contribution in [-0.2, 0) is 15.7 Å². The van der Waals surface area contributed by atoms with Crippen LogP contribution in [0, 0.1) is 19.3 Å². The van der Waals surface area contributed by atoms with E-state index in [2.05, 4.69) is 58.7 Å². The van der Waals surface area contributed by atoms with Gasteiger partial charge in [0.1, 0.15) is 0 Å². The van der Waals surface area contributed by atoms with Gasteiger partial charge in [-0.2, -0.15) is 0 Å². The Bertz CT molecular complexity index is 510. The van der Waals surface area contributed by atoms with Crippen molar-refractivity contribution in [2.24, 2.45) is 0 Å². The van der Waals surface area contributed by atoms with E-state index in [0.717, 1.165) is 11.0 Å². The first-order valence-electron chi connectivity index (χ1n) is 6.65. The molecule has 1 aromatic rings. The van der Waals surface area contributed by atoms with Crippen molar-refractivity contribution in [1.82, 2.24) is 0 Å². The Balaban J connectivity index is 2.39. The Morgan fingerprint density at radius 3 is 2.26 bits per heavy atom. The lowest BCUT2D eigenvalue weighted by atomic mass is 9.74. The van der Waals surface area contributed by atoms with E-state index in [9.17, 15) is 0 Å². The molecule has 2 rings (SSSR count). The number of terminal acetylenes is 1. The van der Waals surface area contributed by atoms with Crippen molar-refractivity contribution < 1.29 is 9.31 Å². The van der Waals surface area contributed by atoms with Crippen molar-refractivity contribution >= 4 is 12.6 Å². The molecule has 1 aromatic carbocycles. The highest BCUT2D eigenvalue weighted by Crippen LogP contribution is 2.36. The first-order chi connectivity index (χ1) is 8.77. The van der Waals surface area contributed by atoms with Crippen LogP contribution in [0.25, 0.3) is 0 Å². The lowest BCUT2D eigenvalue weighted by Crippen LogP contribution is -2.41. The minimum absolute atomic E-state index is 0.325. The third-order valence-electron chi connectivity index (χ3n) is 4.10. The second-order valence-corrected chi connectivity index (χ2v) is 6.17. The van der Waals surface area contributed by atoms with Crippen molar-refractivity contribution in [3.05, 3.63) is 29.3 Å². The highest BCUT2D eigenvalue weighted by atomic mass is 16.7. The Kier molecular flexibility index (Phi) is 3.51. The average molecular weight is 256 g/mol. The molecule has 2 nitrogen and oxygen atoms in total. The van der Waals surface area contributed by atoms with Crippen molar-refractivity contribution in [3.8, 4) is 12.3 Å². The van der Waals surface area contributed by atoms with Gasteiger partial charge in [-0.05, 0) is 45.6 Å². The normalized spacial score (nSPS) is 20.3. The minimum Gasteiger partial charge on any atom is -0.399 e. The Morgan fingerprint density at radius 2 is 1.74 bits per heavy atom. The van der Waals surface area contributed by atoms with Crippen LogP contribution in [0.5, 0.6) is 0 Å². The third kappa shape index (κ3) is 2.56. The zero-order chi connectivity index (χ0) is 14.3. The molecule has 0 atom stereocenters. The lowest BCUT2D eigenvalue weighted by molar-refractivity contribution is 0.00578. The van der Waals surface area contributed by atoms with Crippen LogP contribution in [-0.4, -0.2) is 18.3 Å². The van der Waals surface area contributed by atoms with Crippen LogP contribution in [0.1, 0.15) is 38.8 Å². The molecule has 0 aromatic heterocycles. The molecule has 0 unspecified atom stereocenters. The average Bonchev–Trinajstić information content (AvgIpc) is 2.51. The molecule has 0 N–H and O–H groups in total. The first kappa shape index (κ1) is 14.2. The van der Waals surface area contributed by atoms with Gasteiger partial charge in [0, 0.05) is 6.42 Å². The van der Waals surface area contributed by atoms with Crippen LogP contribution in [0.3, 0.4) is 0 Å². The second-order valence-electron chi connectivity index (χ2n) is 6.17. The van der Waals surface area contributed by atoms with Gasteiger partial charge < -0.3 is 9.31 Å². The summed E-state index contributed by atoms with van der Waals surface area (Å²) in [6, 6.07) is 6.24. The molecule has 1 aliphatic rings. The van der Waals surface area contributed by atoms with Crippen LogP contribution in [0.4, 0.5) is 0 Å². The highest BCUT2D eigenvalue weighted by molar-refractivity contribution is 6.62. The smallest absolute Gasteiger partial charge is 0.399 e. The number of hydrogen-bond donors (Lipinski definition) is 0. The van der Waals surface area contributed by atoms with Gasteiger partial charge in [0.2, 0.25) is 0 Å². The Morgan fingerprint density at radius 1 is 1.16 bits per heavy atom. The Labute approximate surface area is 116 Å². The summed E-state index contributed by atoms with van der Waals surface area (Å²) in [5, 5.41) is 0. The van der Waals surface area contributed by atoms with Crippen molar-refractivity contribution in [3.63, 3.8) is 0 Å². The molecule has 0 radical (unpaired) electrons. The summed E-state index contributed by atoms with van der Waals surface area (Å²) >= 11 is 0. The van der Waals surface area contributed by atoms with Crippen LogP contribution in [0.2, 0.25) is 0 Å². The lowest BCUT2D eigenvalue weighted by Gasteiger charge is -2.32. The topological polar surface area (TPSA) is 18.5 Å². The van der Waals surface area contributed by atoms with Gasteiger partial charge in [-0.3, -0.25) is 0 Å². The van der Waals surface area contributed by atoms with Gasteiger partial charge in [-0.1, -0.05) is 23.8 Å². The fourth-order valence-electron chi connectivity index (χ4n) is 2.17. The maximum Gasteiger partial charge on any atom is 0.495 e.